The predicted octanol–water partition coefficient (Wildman–Crippen LogP) is 2.57. The van der Waals surface area contributed by atoms with Gasteiger partial charge < -0.3 is 19.9 Å². The third-order valence-electron chi connectivity index (χ3n) is 2.99. The summed E-state index contributed by atoms with van der Waals surface area (Å²) < 4.78 is 10.2. The van der Waals surface area contributed by atoms with Gasteiger partial charge in [-0.1, -0.05) is 50.1 Å². The predicted molar refractivity (Wildman–Crippen MR) is 81.5 cm³/mol. The highest BCUT2D eigenvalue weighted by Gasteiger charge is 2.14. The zero-order chi connectivity index (χ0) is 16.2. The lowest BCUT2D eigenvalue weighted by molar-refractivity contribution is -0.142. The van der Waals surface area contributed by atoms with E-state index in [9.17, 15) is 9.59 Å². The van der Waals surface area contributed by atoms with Crippen LogP contribution in [0.3, 0.4) is 0 Å². The number of unbranched alkanes of at least 4 members (excludes halogenated alkanes) is 1. The number of carbonyl (C=O) groups is 2. The van der Waals surface area contributed by atoms with Gasteiger partial charge in [0.25, 0.3) is 0 Å². The highest BCUT2D eigenvalue weighted by Crippen LogP contribution is 2.04. The number of alkyl carbamates (subject to hydrolysis) is 1. The molecule has 0 aliphatic heterocycles. The minimum atomic E-state index is -1.03. The van der Waals surface area contributed by atoms with Crippen LogP contribution in [0.25, 0.3) is 0 Å². The van der Waals surface area contributed by atoms with Crippen molar-refractivity contribution < 1.29 is 24.2 Å². The van der Waals surface area contributed by atoms with E-state index in [1.165, 1.54) is 0 Å². The van der Waals surface area contributed by atoms with Crippen LogP contribution in [0, 0.1) is 0 Å². The number of benzene rings is 1. The molecule has 122 valence electrons. The van der Waals surface area contributed by atoms with Crippen LogP contribution < -0.4 is 5.32 Å². The van der Waals surface area contributed by atoms with Crippen LogP contribution in [-0.2, 0) is 20.9 Å². The number of carboxylic acid groups (broad SMARTS) is 1. The molecular weight excluding hydrogens is 286 g/mol. The molecule has 0 saturated heterocycles. The molecule has 1 aromatic rings. The Morgan fingerprint density at radius 2 is 2.00 bits per heavy atom. The quantitative estimate of drug-likeness (QED) is 0.694. The maximum Gasteiger partial charge on any atom is 0.407 e. The first-order valence-corrected chi connectivity index (χ1v) is 7.38. The van der Waals surface area contributed by atoms with Gasteiger partial charge in [0.2, 0.25) is 0 Å². The lowest BCUT2D eigenvalue weighted by Gasteiger charge is -2.18. The number of amides is 1. The number of carboxylic acids is 1. The second-order valence-corrected chi connectivity index (χ2v) is 4.95. The van der Waals surface area contributed by atoms with Crippen LogP contribution in [0.2, 0.25) is 0 Å². The van der Waals surface area contributed by atoms with E-state index in [0.717, 1.165) is 24.8 Å². The van der Waals surface area contributed by atoms with Gasteiger partial charge >= 0.3 is 12.1 Å². The molecule has 22 heavy (non-hydrogen) atoms. The molecule has 0 aliphatic rings. The Hall–Kier alpha value is -2.08. The summed E-state index contributed by atoms with van der Waals surface area (Å²) in [5.74, 6) is -1.03. The Balaban J connectivity index is 2.35. The fourth-order valence-electron chi connectivity index (χ4n) is 1.87. The fraction of sp³-hybridized carbons (Fsp3) is 0.500. The Bertz CT molecular complexity index is 449. The summed E-state index contributed by atoms with van der Waals surface area (Å²) in [6, 6.07) is 9.14. The summed E-state index contributed by atoms with van der Waals surface area (Å²) in [4.78, 5) is 22.2. The van der Waals surface area contributed by atoms with Crippen molar-refractivity contribution in [2.45, 2.75) is 38.8 Å². The van der Waals surface area contributed by atoms with E-state index in [4.69, 9.17) is 14.6 Å². The Labute approximate surface area is 130 Å². The topological polar surface area (TPSA) is 84.9 Å². The SMILES string of the molecule is CCCCC(COCC(=O)O)NC(=O)OCc1ccccc1. The van der Waals surface area contributed by atoms with Gasteiger partial charge in [-0.15, -0.1) is 0 Å². The lowest BCUT2D eigenvalue weighted by atomic mass is 10.1. The van der Waals surface area contributed by atoms with E-state index in [0.29, 0.717) is 0 Å². The van der Waals surface area contributed by atoms with E-state index in [1.807, 2.05) is 37.3 Å². The van der Waals surface area contributed by atoms with Crippen molar-refractivity contribution in [1.29, 1.82) is 0 Å². The van der Waals surface area contributed by atoms with Crippen molar-refractivity contribution in [3.8, 4) is 0 Å². The van der Waals surface area contributed by atoms with Crippen molar-refractivity contribution in [3.05, 3.63) is 35.9 Å². The molecular formula is C16H23NO5. The van der Waals surface area contributed by atoms with Gasteiger partial charge in [0, 0.05) is 0 Å². The molecule has 6 heteroatoms. The van der Waals surface area contributed by atoms with E-state index in [2.05, 4.69) is 5.32 Å². The zero-order valence-electron chi connectivity index (χ0n) is 12.8. The van der Waals surface area contributed by atoms with Crippen LogP contribution in [0.15, 0.2) is 30.3 Å². The highest BCUT2D eigenvalue weighted by atomic mass is 16.5. The Morgan fingerprint density at radius 1 is 1.27 bits per heavy atom. The average Bonchev–Trinajstić information content (AvgIpc) is 2.51. The summed E-state index contributed by atoms with van der Waals surface area (Å²) >= 11 is 0. The second kappa shape index (κ2) is 10.6. The number of ether oxygens (including phenoxy) is 2. The van der Waals surface area contributed by atoms with Crippen molar-refractivity contribution in [2.24, 2.45) is 0 Å². The molecule has 0 aromatic heterocycles. The maximum atomic E-state index is 11.8. The van der Waals surface area contributed by atoms with E-state index < -0.39 is 12.1 Å². The minimum absolute atomic E-state index is 0.159. The van der Waals surface area contributed by atoms with Gasteiger partial charge in [-0.25, -0.2) is 9.59 Å². The molecule has 0 bridgehead atoms. The van der Waals surface area contributed by atoms with Gasteiger partial charge in [-0.05, 0) is 12.0 Å². The molecule has 0 radical (unpaired) electrons. The standard InChI is InChI=1S/C16H23NO5/c1-2-3-9-14(11-21-12-15(18)19)17-16(20)22-10-13-7-5-4-6-8-13/h4-8,14H,2-3,9-12H2,1H3,(H,17,20)(H,18,19). The van der Waals surface area contributed by atoms with Crippen LogP contribution in [-0.4, -0.2) is 36.4 Å². The highest BCUT2D eigenvalue weighted by molar-refractivity contribution is 5.68. The molecule has 1 atom stereocenters. The molecule has 0 spiro atoms. The molecule has 0 heterocycles. The second-order valence-electron chi connectivity index (χ2n) is 4.95. The summed E-state index contributed by atoms with van der Waals surface area (Å²) in [7, 11) is 0. The molecule has 2 N–H and O–H groups in total. The van der Waals surface area contributed by atoms with Gasteiger partial charge in [0.1, 0.15) is 13.2 Å². The molecule has 0 aliphatic carbocycles. The largest absolute Gasteiger partial charge is 0.480 e. The van der Waals surface area contributed by atoms with Gasteiger partial charge in [-0.3, -0.25) is 0 Å². The van der Waals surface area contributed by atoms with Crippen LogP contribution in [0.1, 0.15) is 31.7 Å². The molecule has 0 saturated carbocycles. The summed E-state index contributed by atoms with van der Waals surface area (Å²) in [6.07, 6.45) is 2.09. The minimum Gasteiger partial charge on any atom is -0.480 e. The first-order chi connectivity index (χ1) is 10.6. The summed E-state index contributed by atoms with van der Waals surface area (Å²) in [5, 5.41) is 11.3. The van der Waals surface area contributed by atoms with E-state index in [1.54, 1.807) is 0 Å². The van der Waals surface area contributed by atoms with Gasteiger partial charge in [0.05, 0.1) is 12.6 Å². The number of rotatable bonds is 10. The Morgan fingerprint density at radius 3 is 2.64 bits per heavy atom. The van der Waals surface area contributed by atoms with Crippen LogP contribution in [0.5, 0.6) is 0 Å². The number of aliphatic carboxylic acids is 1. The number of hydrogen-bond donors (Lipinski definition) is 2. The fourth-order valence-corrected chi connectivity index (χ4v) is 1.87. The molecule has 1 amide bonds. The molecule has 6 nitrogen and oxygen atoms in total. The maximum absolute atomic E-state index is 11.8. The average molecular weight is 309 g/mol. The van der Waals surface area contributed by atoms with E-state index in [-0.39, 0.29) is 25.9 Å². The molecule has 0 fully saturated rings. The molecule has 1 unspecified atom stereocenters. The number of hydrogen-bond acceptors (Lipinski definition) is 4. The van der Waals surface area contributed by atoms with Crippen LogP contribution in [0.4, 0.5) is 4.79 Å². The van der Waals surface area contributed by atoms with Crippen LogP contribution >= 0.6 is 0 Å². The third kappa shape index (κ3) is 8.26. The van der Waals surface area contributed by atoms with Crippen molar-refractivity contribution in [1.82, 2.24) is 5.32 Å². The monoisotopic (exact) mass is 309 g/mol. The third-order valence-corrected chi connectivity index (χ3v) is 2.99. The number of carbonyl (C=O) groups excluding carboxylic acids is 1. The zero-order valence-corrected chi connectivity index (χ0v) is 12.8. The van der Waals surface area contributed by atoms with Crippen molar-refractivity contribution in [3.63, 3.8) is 0 Å². The number of nitrogens with one attached hydrogen (secondary N) is 1. The van der Waals surface area contributed by atoms with Gasteiger partial charge in [0.15, 0.2) is 0 Å². The summed E-state index contributed by atoms with van der Waals surface area (Å²) in [6.45, 7) is 2.03. The first kappa shape index (κ1) is 18.0. The Kier molecular flexibility index (Phi) is 8.67. The van der Waals surface area contributed by atoms with Crippen molar-refractivity contribution in [2.75, 3.05) is 13.2 Å². The smallest absolute Gasteiger partial charge is 0.407 e. The van der Waals surface area contributed by atoms with Gasteiger partial charge in [-0.2, -0.15) is 0 Å². The van der Waals surface area contributed by atoms with E-state index >= 15 is 0 Å². The molecule has 1 aromatic carbocycles. The van der Waals surface area contributed by atoms with Crippen molar-refractivity contribution >= 4 is 12.1 Å². The summed E-state index contributed by atoms with van der Waals surface area (Å²) in [5.41, 5.74) is 0.907. The lowest BCUT2D eigenvalue weighted by Crippen LogP contribution is -2.39. The molecule has 1 rings (SSSR count). The first-order valence-electron chi connectivity index (χ1n) is 7.38. The normalized spacial score (nSPS) is 11.7.